The van der Waals surface area contributed by atoms with E-state index in [1.165, 1.54) is 9.80 Å². The van der Waals surface area contributed by atoms with Crippen molar-refractivity contribution >= 4 is 33.4 Å². The highest BCUT2D eigenvalue weighted by atomic mass is 79.9. The third-order valence-electron chi connectivity index (χ3n) is 2.94. The van der Waals surface area contributed by atoms with Gasteiger partial charge >= 0.3 is 0 Å². The van der Waals surface area contributed by atoms with Gasteiger partial charge in [-0.1, -0.05) is 15.9 Å². The highest BCUT2D eigenvalue weighted by Crippen LogP contribution is 2.36. The van der Waals surface area contributed by atoms with E-state index >= 15 is 0 Å². The van der Waals surface area contributed by atoms with Crippen LogP contribution in [0.4, 0.5) is 5.69 Å². The zero-order valence-corrected chi connectivity index (χ0v) is 11.8. The molecule has 6 heteroatoms. The lowest BCUT2D eigenvalue weighted by Gasteiger charge is -2.19. The van der Waals surface area contributed by atoms with Crippen molar-refractivity contribution in [3.05, 3.63) is 28.2 Å². The van der Waals surface area contributed by atoms with Crippen molar-refractivity contribution in [3.8, 4) is 0 Å². The number of rotatable bonds is 2. The Bertz CT molecular complexity index is 516. The molecule has 18 heavy (non-hydrogen) atoms. The molecule has 1 aliphatic heterocycles. The molecule has 0 spiro atoms. The van der Waals surface area contributed by atoms with Gasteiger partial charge in [0.15, 0.2) is 0 Å². The van der Waals surface area contributed by atoms with E-state index in [1.54, 1.807) is 20.2 Å². The van der Waals surface area contributed by atoms with Crippen LogP contribution in [0.15, 0.2) is 22.7 Å². The van der Waals surface area contributed by atoms with Crippen LogP contribution in [0.3, 0.4) is 0 Å². The van der Waals surface area contributed by atoms with Crippen LogP contribution < -0.4 is 10.6 Å². The van der Waals surface area contributed by atoms with Gasteiger partial charge in [-0.15, -0.1) is 0 Å². The number of carbonyl (C=O) groups excluding carboxylic acids is 2. The van der Waals surface area contributed by atoms with E-state index in [0.29, 0.717) is 5.69 Å². The van der Waals surface area contributed by atoms with Crippen LogP contribution in [-0.2, 0) is 9.59 Å². The molecule has 0 aromatic heterocycles. The highest BCUT2D eigenvalue weighted by Gasteiger charge is 2.35. The van der Waals surface area contributed by atoms with Crippen LogP contribution in [-0.4, -0.2) is 37.4 Å². The summed E-state index contributed by atoms with van der Waals surface area (Å²) in [5.41, 5.74) is 7.33. The molecule has 1 heterocycles. The molecule has 0 bridgehead atoms. The Balaban J connectivity index is 2.34. The predicted molar refractivity (Wildman–Crippen MR) is 72.1 cm³/mol. The van der Waals surface area contributed by atoms with E-state index in [2.05, 4.69) is 15.9 Å². The minimum atomic E-state index is -0.688. The van der Waals surface area contributed by atoms with E-state index in [1.807, 2.05) is 12.1 Å². The molecule has 1 aromatic rings. The van der Waals surface area contributed by atoms with Crippen molar-refractivity contribution in [3.63, 3.8) is 0 Å². The molecule has 0 saturated carbocycles. The van der Waals surface area contributed by atoms with Crippen molar-refractivity contribution in [1.29, 1.82) is 0 Å². The first-order valence-electron chi connectivity index (χ1n) is 5.48. The summed E-state index contributed by atoms with van der Waals surface area (Å²) >= 11 is 3.35. The van der Waals surface area contributed by atoms with Crippen LogP contribution in [0.25, 0.3) is 0 Å². The molecule has 1 aromatic carbocycles. The zero-order chi connectivity index (χ0) is 13.4. The fraction of sp³-hybridized carbons (Fsp3) is 0.333. The summed E-state index contributed by atoms with van der Waals surface area (Å²) in [6, 6.07) is 4.76. The monoisotopic (exact) mass is 311 g/mol. The normalized spacial score (nSPS) is 17.9. The number of halogens is 1. The molecule has 2 rings (SSSR count). The summed E-state index contributed by atoms with van der Waals surface area (Å²) in [5.74, 6) is -0.371. The first-order chi connectivity index (χ1) is 8.41. The molecule has 1 aliphatic rings. The molecule has 1 atom stereocenters. The number of amides is 2. The first-order valence-corrected chi connectivity index (χ1v) is 6.27. The maximum atomic E-state index is 12.0. The van der Waals surface area contributed by atoms with Crippen LogP contribution in [0.5, 0.6) is 0 Å². The van der Waals surface area contributed by atoms with Gasteiger partial charge in [-0.05, 0) is 18.2 Å². The molecule has 0 saturated heterocycles. The van der Waals surface area contributed by atoms with Crippen molar-refractivity contribution < 1.29 is 9.59 Å². The molecule has 2 amide bonds. The minimum Gasteiger partial charge on any atom is -0.347 e. The minimum absolute atomic E-state index is 0.0220. The quantitative estimate of drug-likeness (QED) is 0.882. The number of benzene rings is 1. The first kappa shape index (κ1) is 13.0. The topological polar surface area (TPSA) is 66.6 Å². The summed E-state index contributed by atoms with van der Waals surface area (Å²) in [4.78, 5) is 26.6. The molecular weight excluding hydrogens is 298 g/mol. The van der Waals surface area contributed by atoms with E-state index in [4.69, 9.17) is 5.73 Å². The maximum Gasteiger partial charge on any atom is 0.249 e. The van der Waals surface area contributed by atoms with Gasteiger partial charge in [0.25, 0.3) is 0 Å². The Hall–Kier alpha value is -1.40. The highest BCUT2D eigenvalue weighted by molar-refractivity contribution is 9.10. The van der Waals surface area contributed by atoms with Crippen molar-refractivity contribution in [2.75, 3.05) is 25.5 Å². The third-order valence-corrected chi connectivity index (χ3v) is 3.43. The molecule has 5 nitrogen and oxygen atoms in total. The van der Waals surface area contributed by atoms with Gasteiger partial charge < -0.3 is 15.5 Å². The second-order valence-corrected chi connectivity index (χ2v) is 5.31. The molecular formula is C12H14BrN3O2. The summed E-state index contributed by atoms with van der Waals surface area (Å²) in [6.45, 7) is 0.0220. The van der Waals surface area contributed by atoms with Crippen LogP contribution in [0.1, 0.15) is 11.6 Å². The summed E-state index contributed by atoms with van der Waals surface area (Å²) in [6.07, 6.45) is 0. The van der Waals surface area contributed by atoms with E-state index in [9.17, 15) is 9.59 Å². The number of nitrogens with two attached hydrogens (primary N) is 1. The van der Waals surface area contributed by atoms with E-state index in [-0.39, 0.29) is 18.4 Å². The van der Waals surface area contributed by atoms with Gasteiger partial charge in [0.2, 0.25) is 11.8 Å². The number of hydrogen-bond acceptors (Lipinski definition) is 3. The number of nitrogens with zero attached hydrogens (tertiary/aromatic N) is 2. The lowest BCUT2D eigenvalue weighted by atomic mass is 10.1. The largest absolute Gasteiger partial charge is 0.347 e. The van der Waals surface area contributed by atoms with Gasteiger partial charge in [0.05, 0.1) is 0 Å². The van der Waals surface area contributed by atoms with E-state index < -0.39 is 6.04 Å². The standard InChI is InChI=1S/C12H14BrN3O2/c1-15(2)10(17)6-16-9-4-3-7(13)5-8(9)11(14)12(16)18/h3-5,11H,6,14H2,1-2H3. The van der Waals surface area contributed by atoms with Crippen LogP contribution in [0, 0.1) is 0 Å². The molecule has 2 N–H and O–H groups in total. The molecule has 0 radical (unpaired) electrons. The van der Waals surface area contributed by atoms with Crippen LogP contribution in [0.2, 0.25) is 0 Å². The summed E-state index contributed by atoms with van der Waals surface area (Å²) < 4.78 is 0.866. The molecule has 1 unspecified atom stereocenters. The van der Waals surface area contributed by atoms with Crippen LogP contribution >= 0.6 is 15.9 Å². The number of carbonyl (C=O) groups is 2. The number of likely N-dealkylation sites (N-methyl/N-ethyl adjacent to an activating group) is 1. The average molecular weight is 312 g/mol. The fourth-order valence-corrected chi connectivity index (χ4v) is 2.26. The van der Waals surface area contributed by atoms with Gasteiger partial charge in [0, 0.05) is 29.8 Å². The number of hydrogen-bond donors (Lipinski definition) is 1. The second kappa shape index (κ2) is 4.70. The number of fused-ring (bicyclic) bond motifs is 1. The molecule has 0 aliphatic carbocycles. The Morgan fingerprint density at radius 3 is 2.78 bits per heavy atom. The summed E-state index contributed by atoms with van der Waals surface area (Å²) in [5, 5.41) is 0. The Labute approximate surface area is 114 Å². The zero-order valence-electron chi connectivity index (χ0n) is 10.2. The summed E-state index contributed by atoms with van der Waals surface area (Å²) in [7, 11) is 3.32. The maximum absolute atomic E-state index is 12.0. The fourth-order valence-electron chi connectivity index (χ4n) is 1.88. The van der Waals surface area contributed by atoms with Gasteiger partial charge in [0.1, 0.15) is 12.6 Å². The van der Waals surface area contributed by atoms with Crippen molar-refractivity contribution in [2.24, 2.45) is 5.73 Å². The van der Waals surface area contributed by atoms with Gasteiger partial charge in [-0.2, -0.15) is 0 Å². The lowest BCUT2D eigenvalue weighted by molar-refractivity contribution is -0.129. The predicted octanol–water partition coefficient (Wildman–Crippen LogP) is 0.884. The van der Waals surface area contributed by atoms with Gasteiger partial charge in [-0.3, -0.25) is 9.59 Å². The molecule has 96 valence electrons. The van der Waals surface area contributed by atoms with Crippen molar-refractivity contribution in [2.45, 2.75) is 6.04 Å². The SMILES string of the molecule is CN(C)C(=O)CN1C(=O)C(N)c2cc(Br)ccc21. The van der Waals surface area contributed by atoms with Crippen molar-refractivity contribution in [1.82, 2.24) is 4.90 Å². The third kappa shape index (κ3) is 2.13. The Morgan fingerprint density at radius 2 is 2.17 bits per heavy atom. The average Bonchev–Trinajstić information content (AvgIpc) is 2.54. The Kier molecular flexibility index (Phi) is 3.41. The second-order valence-electron chi connectivity index (χ2n) is 4.39. The number of anilines is 1. The lowest BCUT2D eigenvalue weighted by Crippen LogP contribution is -2.40. The van der Waals surface area contributed by atoms with Gasteiger partial charge in [-0.25, -0.2) is 0 Å². The van der Waals surface area contributed by atoms with E-state index in [0.717, 1.165) is 10.0 Å². The molecule has 0 fully saturated rings. The Morgan fingerprint density at radius 1 is 1.50 bits per heavy atom. The smallest absolute Gasteiger partial charge is 0.249 e.